The van der Waals surface area contributed by atoms with Crippen LogP contribution < -0.4 is 0 Å². The van der Waals surface area contributed by atoms with Crippen molar-refractivity contribution in [2.75, 3.05) is 6.61 Å². The summed E-state index contributed by atoms with van der Waals surface area (Å²) in [4.78, 5) is 15.6. The molecule has 0 atom stereocenters. The number of thiazole rings is 1. The van der Waals surface area contributed by atoms with Crippen LogP contribution in [-0.2, 0) is 16.0 Å². The van der Waals surface area contributed by atoms with Crippen LogP contribution in [0.3, 0.4) is 0 Å². The van der Waals surface area contributed by atoms with E-state index in [-0.39, 0.29) is 12.4 Å². The number of aryl methyl sites for hydroxylation is 1. The Hall–Kier alpha value is -1.69. The van der Waals surface area contributed by atoms with E-state index in [2.05, 4.69) is 10.1 Å². The predicted molar refractivity (Wildman–Crippen MR) is 64.3 cm³/mol. The van der Waals surface area contributed by atoms with Crippen molar-refractivity contribution in [1.82, 2.24) is 14.8 Å². The molecular formula is C11H13N3O2S. The number of rotatable bonds is 4. The van der Waals surface area contributed by atoms with Crippen LogP contribution >= 0.6 is 11.3 Å². The van der Waals surface area contributed by atoms with Gasteiger partial charge in [-0.15, -0.1) is 11.3 Å². The Morgan fingerprint density at radius 1 is 1.59 bits per heavy atom. The summed E-state index contributed by atoms with van der Waals surface area (Å²) in [5.41, 5.74) is 0.689. The molecule has 5 nitrogen and oxygen atoms in total. The minimum atomic E-state index is -0.257. The summed E-state index contributed by atoms with van der Waals surface area (Å²) in [6, 6.07) is 1.80. The molecule has 2 rings (SSSR count). The summed E-state index contributed by atoms with van der Waals surface area (Å²) in [5, 5.41) is 7.19. The zero-order valence-corrected chi connectivity index (χ0v) is 10.5. The molecule has 0 fully saturated rings. The van der Waals surface area contributed by atoms with Crippen LogP contribution in [0, 0.1) is 6.92 Å². The Kier molecular flexibility index (Phi) is 3.53. The van der Waals surface area contributed by atoms with E-state index in [0.717, 1.165) is 10.8 Å². The maximum atomic E-state index is 11.3. The van der Waals surface area contributed by atoms with Gasteiger partial charge in [-0.25, -0.2) is 9.67 Å². The second kappa shape index (κ2) is 5.09. The highest BCUT2D eigenvalue weighted by atomic mass is 32.1. The number of nitrogens with zero attached hydrogens (tertiary/aromatic N) is 3. The summed E-state index contributed by atoms with van der Waals surface area (Å²) in [6.07, 6.45) is 1.99. The van der Waals surface area contributed by atoms with Crippen molar-refractivity contribution in [3.05, 3.63) is 28.3 Å². The van der Waals surface area contributed by atoms with Crippen LogP contribution in [0.25, 0.3) is 5.82 Å². The van der Waals surface area contributed by atoms with E-state index in [1.165, 1.54) is 0 Å². The largest absolute Gasteiger partial charge is 0.466 e. The summed E-state index contributed by atoms with van der Waals surface area (Å²) in [6.45, 7) is 4.12. The van der Waals surface area contributed by atoms with Gasteiger partial charge in [0, 0.05) is 11.6 Å². The summed E-state index contributed by atoms with van der Waals surface area (Å²) < 4.78 is 6.53. The Bertz CT molecular complexity index is 518. The van der Waals surface area contributed by atoms with Gasteiger partial charge in [0.2, 0.25) is 0 Å². The molecule has 0 N–H and O–H groups in total. The van der Waals surface area contributed by atoms with Crippen LogP contribution in [0.2, 0.25) is 0 Å². The maximum Gasteiger partial charge on any atom is 0.311 e. The molecular weight excluding hydrogens is 238 g/mol. The number of hydrogen-bond donors (Lipinski definition) is 0. The Morgan fingerprint density at radius 3 is 3.06 bits per heavy atom. The van der Waals surface area contributed by atoms with Gasteiger partial charge < -0.3 is 4.74 Å². The third-order valence-electron chi connectivity index (χ3n) is 2.12. The third kappa shape index (κ3) is 2.91. The molecule has 0 saturated heterocycles. The SMILES string of the molecule is CCOC(=O)Cc1ccn(-c2csc(C)n2)n1. The molecule has 0 aliphatic rings. The van der Waals surface area contributed by atoms with Gasteiger partial charge in [0.25, 0.3) is 0 Å². The molecule has 0 bridgehead atoms. The Balaban J connectivity index is 2.08. The molecule has 0 saturated carbocycles. The summed E-state index contributed by atoms with van der Waals surface area (Å²) in [7, 11) is 0. The number of esters is 1. The molecule has 0 amide bonds. The van der Waals surface area contributed by atoms with E-state index < -0.39 is 0 Å². The van der Waals surface area contributed by atoms with Crippen LogP contribution in [0.4, 0.5) is 0 Å². The highest BCUT2D eigenvalue weighted by Crippen LogP contribution is 2.12. The quantitative estimate of drug-likeness (QED) is 0.777. The third-order valence-corrected chi connectivity index (χ3v) is 2.88. The topological polar surface area (TPSA) is 57.0 Å². The molecule has 6 heteroatoms. The van der Waals surface area contributed by atoms with Gasteiger partial charge in [-0.2, -0.15) is 5.10 Å². The van der Waals surface area contributed by atoms with Crippen LogP contribution in [0.5, 0.6) is 0 Å². The minimum Gasteiger partial charge on any atom is -0.466 e. The number of aromatic nitrogens is 3. The molecule has 90 valence electrons. The minimum absolute atomic E-state index is 0.198. The molecule has 0 radical (unpaired) electrons. The van der Waals surface area contributed by atoms with Gasteiger partial charge in [-0.3, -0.25) is 4.79 Å². The zero-order valence-electron chi connectivity index (χ0n) is 9.71. The van der Waals surface area contributed by atoms with Crippen molar-refractivity contribution < 1.29 is 9.53 Å². The normalized spacial score (nSPS) is 10.5. The molecule has 2 aromatic rings. The molecule has 0 spiro atoms. The highest BCUT2D eigenvalue weighted by molar-refractivity contribution is 7.09. The van der Waals surface area contributed by atoms with E-state index in [0.29, 0.717) is 12.3 Å². The summed E-state index contributed by atoms with van der Waals surface area (Å²) >= 11 is 1.57. The van der Waals surface area contributed by atoms with Crippen LogP contribution in [0.15, 0.2) is 17.6 Å². The predicted octanol–water partition coefficient (Wildman–Crippen LogP) is 1.74. The lowest BCUT2D eigenvalue weighted by Crippen LogP contribution is -2.08. The van der Waals surface area contributed by atoms with Crippen molar-refractivity contribution in [2.45, 2.75) is 20.3 Å². The van der Waals surface area contributed by atoms with Gasteiger partial charge in [0.15, 0.2) is 5.82 Å². The molecule has 0 aromatic carbocycles. The van der Waals surface area contributed by atoms with E-state index in [9.17, 15) is 4.79 Å². The lowest BCUT2D eigenvalue weighted by atomic mass is 10.3. The monoisotopic (exact) mass is 251 g/mol. The number of ether oxygens (including phenoxy) is 1. The van der Waals surface area contributed by atoms with E-state index in [4.69, 9.17) is 4.74 Å². The number of hydrogen-bond acceptors (Lipinski definition) is 5. The van der Waals surface area contributed by atoms with E-state index in [1.807, 2.05) is 12.3 Å². The fourth-order valence-electron chi connectivity index (χ4n) is 1.40. The first kappa shape index (κ1) is 11.8. The van der Waals surface area contributed by atoms with Crippen LogP contribution in [-0.4, -0.2) is 27.3 Å². The highest BCUT2D eigenvalue weighted by Gasteiger charge is 2.08. The first-order valence-corrected chi connectivity index (χ1v) is 6.19. The molecule has 0 aliphatic carbocycles. The lowest BCUT2D eigenvalue weighted by molar-refractivity contribution is -0.142. The maximum absolute atomic E-state index is 11.3. The first-order valence-electron chi connectivity index (χ1n) is 5.31. The fraction of sp³-hybridized carbons (Fsp3) is 0.364. The molecule has 2 aromatic heterocycles. The smallest absolute Gasteiger partial charge is 0.311 e. The van der Waals surface area contributed by atoms with Gasteiger partial charge in [-0.1, -0.05) is 0 Å². The van der Waals surface area contributed by atoms with Crippen molar-refractivity contribution in [1.29, 1.82) is 0 Å². The molecule has 17 heavy (non-hydrogen) atoms. The van der Waals surface area contributed by atoms with Crippen molar-refractivity contribution in [2.24, 2.45) is 0 Å². The Morgan fingerprint density at radius 2 is 2.41 bits per heavy atom. The number of carbonyl (C=O) groups is 1. The average Bonchev–Trinajstić information content (AvgIpc) is 2.87. The van der Waals surface area contributed by atoms with Gasteiger partial charge in [0.1, 0.15) is 0 Å². The standard InChI is InChI=1S/C11H13N3O2S/c1-3-16-11(15)6-9-4-5-14(13-9)10-7-17-8(2)12-10/h4-5,7H,3,6H2,1-2H3. The van der Waals surface area contributed by atoms with Gasteiger partial charge in [0.05, 0.1) is 23.7 Å². The van der Waals surface area contributed by atoms with E-state index in [1.54, 1.807) is 35.2 Å². The van der Waals surface area contributed by atoms with Crippen LogP contribution in [0.1, 0.15) is 17.6 Å². The molecule has 2 heterocycles. The van der Waals surface area contributed by atoms with Crippen molar-refractivity contribution in [3.8, 4) is 5.82 Å². The number of carbonyl (C=O) groups excluding carboxylic acids is 1. The van der Waals surface area contributed by atoms with E-state index >= 15 is 0 Å². The Labute approximate surface area is 103 Å². The first-order chi connectivity index (χ1) is 8.19. The average molecular weight is 251 g/mol. The summed E-state index contributed by atoms with van der Waals surface area (Å²) in [5.74, 6) is 0.523. The second-order valence-electron chi connectivity index (χ2n) is 3.46. The zero-order chi connectivity index (χ0) is 12.3. The molecule has 0 unspecified atom stereocenters. The molecule has 0 aliphatic heterocycles. The van der Waals surface area contributed by atoms with Gasteiger partial charge in [-0.05, 0) is 19.9 Å². The second-order valence-corrected chi connectivity index (χ2v) is 4.52. The fourth-order valence-corrected chi connectivity index (χ4v) is 1.98. The van der Waals surface area contributed by atoms with Crippen molar-refractivity contribution in [3.63, 3.8) is 0 Å². The van der Waals surface area contributed by atoms with Gasteiger partial charge >= 0.3 is 5.97 Å². The lowest BCUT2D eigenvalue weighted by Gasteiger charge is -1.98. The van der Waals surface area contributed by atoms with Crippen molar-refractivity contribution >= 4 is 17.3 Å².